The molecule has 0 unspecified atom stereocenters. The first kappa shape index (κ1) is 15.9. The van der Waals surface area contributed by atoms with Crippen LogP contribution in [0.1, 0.15) is 34.6 Å². The van der Waals surface area contributed by atoms with Crippen LogP contribution in [0, 0.1) is 11.3 Å². The van der Waals surface area contributed by atoms with Gasteiger partial charge in [0.2, 0.25) is 0 Å². The Hall–Kier alpha value is -0.120. The Balaban J connectivity index is 4.46. The minimum atomic E-state index is -0.0119. The third-order valence-corrected chi connectivity index (χ3v) is 3.01. The van der Waals surface area contributed by atoms with Crippen LogP contribution in [0.4, 0.5) is 0 Å². The number of hydrogen-bond acceptors (Lipinski definition) is 3. The van der Waals surface area contributed by atoms with E-state index in [0.717, 1.165) is 19.8 Å². The zero-order chi connectivity index (χ0) is 12.4. The summed E-state index contributed by atoms with van der Waals surface area (Å²) in [5, 5.41) is 0. The third-order valence-electron chi connectivity index (χ3n) is 3.01. The highest BCUT2D eigenvalue weighted by Gasteiger charge is 2.34. The van der Waals surface area contributed by atoms with Crippen molar-refractivity contribution in [3.05, 3.63) is 0 Å². The number of rotatable bonds is 10. The highest BCUT2D eigenvalue weighted by molar-refractivity contribution is 4.82. The molecule has 0 saturated heterocycles. The van der Waals surface area contributed by atoms with E-state index in [1.165, 1.54) is 0 Å². The van der Waals surface area contributed by atoms with E-state index >= 15 is 0 Å². The van der Waals surface area contributed by atoms with Crippen LogP contribution in [0.5, 0.6) is 0 Å². The molecular formula is C13H28O3. The van der Waals surface area contributed by atoms with Crippen molar-refractivity contribution < 1.29 is 14.2 Å². The highest BCUT2D eigenvalue weighted by atomic mass is 16.5. The molecule has 0 aliphatic carbocycles. The van der Waals surface area contributed by atoms with Crippen LogP contribution in [0.15, 0.2) is 0 Å². The van der Waals surface area contributed by atoms with E-state index < -0.39 is 0 Å². The van der Waals surface area contributed by atoms with Gasteiger partial charge >= 0.3 is 0 Å². The molecule has 0 aromatic heterocycles. The van der Waals surface area contributed by atoms with Crippen LogP contribution >= 0.6 is 0 Å². The average Bonchev–Trinajstić information content (AvgIpc) is 2.28. The molecule has 0 rings (SSSR count). The molecule has 0 spiro atoms. The Kier molecular flexibility index (Phi) is 8.90. The second-order valence-corrected chi connectivity index (χ2v) is 4.43. The monoisotopic (exact) mass is 232 g/mol. The summed E-state index contributed by atoms with van der Waals surface area (Å²) in [6.07, 6.45) is 0. The SMILES string of the molecule is CCOCC(COCC)(COCC)C(C)C. The summed E-state index contributed by atoms with van der Waals surface area (Å²) >= 11 is 0. The van der Waals surface area contributed by atoms with Crippen LogP contribution in [0.3, 0.4) is 0 Å². The molecule has 16 heavy (non-hydrogen) atoms. The van der Waals surface area contributed by atoms with Gasteiger partial charge in [-0.2, -0.15) is 0 Å². The fourth-order valence-electron chi connectivity index (χ4n) is 1.54. The molecule has 0 amide bonds. The molecule has 0 aromatic carbocycles. The Morgan fingerprint density at radius 1 is 0.750 bits per heavy atom. The van der Waals surface area contributed by atoms with Crippen LogP contribution < -0.4 is 0 Å². The second-order valence-electron chi connectivity index (χ2n) is 4.43. The van der Waals surface area contributed by atoms with Gasteiger partial charge in [0.15, 0.2) is 0 Å². The summed E-state index contributed by atoms with van der Waals surface area (Å²) in [5.41, 5.74) is -0.0119. The van der Waals surface area contributed by atoms with Crippen molar-refractivity contribution in [1.29, 1.82) is 0 Å². The van der Waals surface area contributed by atoms with E-state index in [1.54, 1.807) is 0 Å². The van der Waals surface area contributed by atoms with Crippen molar-refractivity contribution in [3.8, 4) is 0 Å². The Bertz CT molecular complexity index is 135. The van der Waals surface area contributed by atoms with Crippen molar-refractivity contribution in [2.45, 2.75) is 34.6 Å². The normalized spacial score (nSPS) is 12.4. The summed E-state index contributed by atoms with van der Waals surface area (Å²) in [7, 11) is 0. The Morgan fingerprint density at radius 3 is 1.25 bits per heavy atom. The van der Waals surface area contributed by atoms with E-state index in [1.807, 2.05) is 20.8 Å². The van der Waals surface area contributed by atoms with Crippen molar-refractivity contribution in [2.75, 3.05) is 39.6 Å². The third kappa shape index (κ3) is 5.28. The van der Waals surface area contributed by atoms with Crippen molar-refractivity contribution in [1.82, 2.24) is 0 Å². The smallest absolute Gasteiger partial charge is 0.0569 e. The molecule has 0 aliphatic rings. The zero-order valence-electron chi connectivity index (χ0n) is 11.5. The van der Waals surface area contributed by atoms with Gasteiger partial charge < -0.3 is 14.2 Å². The molecule has 0 heterocycles. The Morgan fingerprint density at radius 2 is 1.06 bits per heavy atom. The first-order valence-electron chi connectivity index (χ1n) is 6.36. The summed E-state index contributed by atoms with van der Waals surface area (Å²) in [4.78, 5) is 0. The summed E-state index contributed by atoms with van der Waals surface area (Å²) in [6.45, 7) is 14.8. The standard InChI is InChI=1S/C13H28O3/c1-6-14-9-13(12(4)5,10-15-7-2)11-16-8-3/h12H,6-11H2,1-5H3. The predicted octanol–water partition coefficient (Wildman–Crippen LogP) is 2.74. The van der Waals surface area contributed by atoms with Crippen LogP contribution in [0.2, 0.25) is 0 Å². The minimum absolute atomic E-state index is 0.0119. The van der Waals surface area contributed by atoms with Gasteiger partial charge in [0, 0.05) is 25.2 Å². The van der Waals surface area contributed by atoms with Crippen molar-refractivity contribution >= 4 is 0 Å². The molecular weight excluding hydrogens is 204 g/mol. The molecule has 3 nitrogen and oxygen atoms in total. The molecule has 0 aliphatic heterocycles. The van der Waals surface area contributed by atoms with E-state index in [0.29, 0.717) is 25.7 Å². The molecule has 0 bridgehead atoms. The minimum Gasteiger partial charge on any atom is -0.381 e. The molecule has 0 N–H and O–H groups in total. The lowest BCUT2D eigenvalue weighted by molar-refractivity contribution is -0.0878. The van der Waals surface area contributed by atoms with Crippen molar-refractivity contribution in [2.24, 2.45) is 11.3 Å². The number of hydrogen-bond donors (Lipinski definition) is 0. The zero-order valence-corrected chi connectivity index (χ0v) is 11.5. The average molecular weight is 232 g/mol. The maximum absolute atomic E-state index is 5.59. The summed E-state index contributed by atoms with van der Waals surface area (Å²) in [6, 6.07) is 0. The molecule has 0 atom stereocenters. The summed E-state index contributed by atoms with van der Waals surface area (Å²) in [5.74, 6) is 0.483. The van der Waals surface area contributed by atoms with Gasteiger partial charge in [0.05, 0.1) is 19.8 Å². The van der Waals surface area contributed by atoms with Gasteiger partial charge in [0.25, 0.3) is 0 Å². The summed E-state index contributed by atoms with van der Waals surface area (Å²) < 4.78 is 16.8. The second kappa shape index (κ2) is 8.97. The van der Waals surface area contributed by atoms with Gasteiger partial charge in [-0.1, -0.05) is 13.8 Å². The first-order chi connectivity index (χ1) is 7.63. The lowest BCUT2D eigenvalue weighted by atomic mass is 9.79. The fourth-order valence-corrected chi connectivity index (χ4v) is 1.54. The molecule has 0 aromatic rings. The van der Waals surface area contributed by atoms with Crippen molar-refractivity contribution in [3.63, 3.8) is 0 Å². The molecule has 3 heteroatoms. The fraction of sp³-hybridized carbons (Fsp3) is 1.00. The van der Waals surface area contributed by atoms with Gasteiger partial charge in [-0.05, 0) is 26.7 Å². The molecule has 0 fully saturated rings. The molecule has 0 saturated carbocycles. The van der Waals surface area contributed by atoms with E-state index in [4.69, 9.17) is 14.2 Å². The number of ether oxygens (including phenoxy) is 3. The van der Waals surface area contributed by atoms with E-state index in [-0.39, 0.29) is 5.41 Å². The predicted molar refractivity (Wildman–Crippen MR) is 66.8 cm³/mol. The topological polar surface area (TPSA) is 27.7 Å². The maximum Gasteiger partial charge on any atom is 0.0569 e. The van der Waals surface area contributed by atoms with E-state index in [9.17, 15) is 0 Å². The first-order valence-corrected chi connectivity index (χ1v) is 6.36. The van der Waals surface area contributed by atoms with Crippen LogP contribution in [-0.4, -0.2) is 39.6 Å². The Labute approximate surface area is 100 Å². The van der Waals surface area contributed by atoms with E-state index in [2.05, 4.69) is 13.8 Å². The largest absolute Gasteiger partial charge is 0.381 e. The van der Waals surface area contributed by atoms with Gasteiger partial charge in [-0.3, -0.25) is 0 Å². The highest BCUT2D eigenvalue weighted by Crippen LogP contribution is 2.29. The van der Waals surface area contributed by atoms with Crippen LogP contribution in [0.25, 0.3) is 0 Å². The molecule has 98 valence electrons. The van der Waals surface area contributed by atoms with Gasteiger partial charge in [0.1, 0.15) is 0 Å². The lowest BCUT2D eigenvalue weighted by Crippen LogP contribution is -2.42. The van der Waals surface area contributed by atoms with Gasteiger partial charge in [-0.25, -0.2) is 0 Å². The molecule has 0 radical (unpaired) electrons. The maximum atomic E-state index is 5.59. The van der Waals surface area contributed by atoms with Gasteiger partial charge in [-0.15, -0.1) is 0 Å². The lowest BCUT2D eigenvalue weighted by Gasteiger charge is -2.36. The van der Waals surface area contributed by atoms with Crippen LogP contribution in [-0.2, 0) is 14.2 Å². The quantitative estimate of drug-likeness (QED) is 0.579.